The number of anilines is 1. The van der Waals surface area contributed by atoms with E-state index in [0.717, 1.165) is 18.6 Å². The molecular formula is C11H12ClNOS. The molecule has 0 bridgehead atoms. The minimum atomic E-state index is 0.0748. The summed E-state index contributed by atoms with van der Waals surface area (Å²) in [5.74, 6) is 1.19. The van der Waals surface area contributed by atoms with Crippen molar-refractivity contribution < 1.29 is 4.79 Å². The van der Waals surface area contributed by atoms with E-state index in [9.17, 15) is 4.79 Å². The SMILES string of the molecule is Nc1ccc(Cl)cc1C(=O)C1CCCS1. The number of hydrogen-bond acceptors (Lipinski definition) is 3. The van der Waals surface area contributed by atoms with Gasteiger partial charge in [-0.15, -0.1) is 0 Å². The summed E-state index contributed by atoms with van der Waals surface area (Å²) in [4.78, 5) is 12.1. The van der Waals surface area contributed by atoms with Gasteiger partial charge in [-0.25, -0.2) is 0 Å². The van der Waals surface area contributed by atoms with Gasteiger partial charge in [0.15, 0.2) is 5.78 Å². The number of nitrogens with two attached hydrogens (primary N) is 1. The zero-order valence-electron chi connectivity index (χ0n) is 8.20. The Morgan fingerprint density at radius 2 is 2.33 bits per heavy atom. The van der Waals surface area contributed by atoms with Crippen LogP contribution in [0.5, 0.6) is 0 Å². The van der Waals surface area contributed by atoms with Crippen LogP contribution in [0.1, 0.15) is 23.2 Å². The van der Waals surface area contributed by atoms with Crippen LogP contribution in [0.2, 0.25) is 5.02 Å². The van der Waals surface area contributed by atoms with Crippen molar-refractivity contribution in [2.24, 2.45) is 0 Å². The van der Waals surface area contributed by atoms with Crippen molar-refractivity contribution in [2.45, 2.75) is 18.1 Å². The topological polar surface area (TPSA) is 43.1 Å². The van der Waals surface area contributed by atoms with Crippen molar-refractivity contribution in [1.29, 1.82) is 0 Å². The highest BCUT2D eigenvalue weighted by atomic mass is 35.5. The number of rotatable bonds is 2. The second-order valence-corrected chi connectivity index (χ2v) is 5.34. The third-order valence-corrected chi connectivity index (χ3v) is 4.11. The summed E-state index contributed by atoms with van der Waals surface area (Å²) < 4.78 is 0. The first-order valence-corrected chi connectivity index (χ1v) is 6.32. The van der Waals surface area contributed by atoms with E-state index in [1.54, 1.807) is 30.0 Å². The van der Waals surface area contributed by atoms with Crippen LogP contribution >= 0.6 is 23.4 Å². The van der Waals surface area contributed by atoms with Crippen molar-refractivity contribution in [3.8, 4) is 0 Å². The molecule has 4 heteroatoms. The van der Waals surface area contributed by atoms with Gasteiger partial charge in [0, 0.05) is 16.3 Å². The van der Waals surface area contributed by atoms with E-state index in [-0.39, 0.29) is 11.0 Å². The smallest absolute Gasteiger partial charge is 0.177 e. The van der Waals surface area contributed by atoms with Crippen LogP contribution in [0.3, 0.4) is 0 Å². The predicted octanol–water partition coefficient (Wildman–Crippen LogP) is 3.00. The van der Waals surface area contributed by atoms with Gasteiger partial charge < -0.3 is 5.73 Å². The summed E-state index contributed by atoms with van der Waals surface area (Å²) in [6.45, 7) is 0. The summed E-state index contributed by atoms with van der Waals surface area (Å²) in [5.41, 5.74) is 6.87. The van der Waals surface area contributed by atoms with Crippen LogP contribution < -0.4 is 5.73 Å². The van der Waals surface area contributed by atoms with Crippen LogP contribution in [0.25, 0.3) is 0 Å². The van der Waals surface area contributed by atoms with Crippen LogP contribution in [0.4, 0.5) is 5.69 Å². The molecule has 1 fully saturated rings. The molecule has 0 saturated carbocycles. The van der Waals surface area contributed by atoms with Gasteiger partial charge in [0.05, 0.1) is 5.25 Å². The minimum absolute atomic E-state index is 0.0748. The van der Waals surface area contributed by atoms with Gasteiger partial charge in [0.2, 0.25) is 0 Å². The van der Waals surface area contributed by atoms with Crippen molar-refractivity contribution >= 4 is 34.8 Å². The molecule has 0 aliphatic carbocycles. The van der Waals surface area contributed by atoms with E-state index >= 15 is 0 Å². The number of hydrogen-bond donors (Lipinski definition) is 1. The quantitative estimate of drug-likeness (QED) is 0.640. The molecule has 1 atom stereocenters. The van der Waals surface area contributed by atoms with Gasteiger partial charge in [0.1, 0.15) is 0 Å². The van der Waals surface area contributed by atoms with E-state index < -0.39 is 0 Å². The fraction of sp³-hybridized carbons (Fsp3) is 0.364. The van der Waals surface area contributed by atoms with E-state index in [2.05, 4.69) is 0 Å². The van der Waals surface area contributed by atoms with Crippen molar-refractivity contribution in [1.82, 2.24) is 0 Å². The zero-order chi connectivity index (χ0) is 10.8. The molecule has 1 aliphatic rings. The third-order valence-electron chi connectivity index (χ3n) is 2.50. The minimum Gasteiger partial charge on any atom is -0.398 e. The maximum atomic E-state index is 12.1. The van der Waals surface area contributed by atoms with Crippen molar-refractivity contribution in [3.05, 3.63) is 28.8 Å². The van der Waals surface area contributed by atoms with E-state index in [4.69, 9.17) is 17.3 Å². The molecule has 1 heterocycles. The lowest BCUT2D eigenvalue weighted by Gasteiger charge is -2.09. The fourth-order valence-electron chi connectivity index (χ4n) is 1.70. The highest BCUT2D eigenvalue weighted by Crippen LogP contribution is 2.31. The number of ketones is 1. The van der Waals surface area contributed by atoms with Crippen LogP contribution in [0.15, 0.2) is 18.2 Å². The Morgan fingerprint density at radius 1 is 1.53 bits per heavy atom. The Balaban J connectivity index is 2.27. The zero-order valence-corrected chi connectivity index (χ0v) is 9.77. The monoisotopic (exact) mass is 241 g/mol. The van der Waals surface area contributed by atoms with Crippen molar-refractivity contribution in [3.63, 3.8) is 0 Å². The number of thioether (sulfide) groups is 1. The lowest BCUT2D eigenvalue weighted by molar-refractivity contribution is 0.0989. The van der Waals surface area contributed by atoms with E-state index in [1.807, 2.05) is 0 Å². The molecule has 1 unspecified atom stereocenters. The average Bonchev–Trinajstić information content (AvgIpc) is 2.74. The molecule has 1 aromatic rings. The van der Waals surface area contributed by atoms with Gasteiger partial charge >= 0.3 is 0 Å². The first kappa shape index (κ1) is 10.8. The number of nitrogen functional groups attached to an aromatic ring is 1. The maximum Gasteiger partial charge on any atom is 0.177 e. The lowest BCUT2D eigenvalue weighted by atomic mass is 10.0. The molecular weight excluding hydrogens is 230 g/mol. The van der Waals surface area contributed by atoms with Gasteiger partial charge in [-0.2, -0.15) is 11.8 Å². The molecule has 0 spiro atoms. The molecule has 0 amide bonds. The highest BCUT2D eigenvalue weighted by molar-refractivity contribution is 8.00. The van der Waals surface area contributed by atoms with Gasteiger partial charge in [-0.05, 0) is 36.8 Å². The molecule has 2 nitrogen and oxygen atoms in total. The molecule has 1 aliphatic heterocycles. The summed E-state index contributed by atoms with van der Waals surface area (Å²) >= 11 is 7.56. The molecule has 1 saturated heterocycles. The van der Waals surface area contributed by atoms with Gasteiger partial charge in [-0.3, -0.25) is 4.79 Å². The second kappa shape index (κ2) is 4.45. The Kier molecular flexibility index (Phi) is 3.22. The first-order valence-electron chi connectivity index (χ1n) is 4.89. The van der Waals surface area contributed by atoms with E-state index in [1.165, 1.54) is 0 Å². The third kappa shape index (κ3) is 2.29. The van der Waals surface area contributed by atoms with Gasteiger partial charge in [-0.1, -0.05) is 11.6 Å². The Hall–Kier alpha value is -0.670. The van der Waals surface area contributed by atoms with Gasteiger partial charge in [0.25, 0.3) is 0 Å². The molecule has 2 N–H and O–H groups in total. The maximum absolute atomic E-state index is 12.1. The summed E-state index contributed by atoms with van der Waals surface area (Å²) in [5, 5.41) is 0.640. The lowest BCUT2D eigenvalue weighted by Crippen LogP contribution is -2.15. The molecule has 0 radical (unpaired) electrons. The average molecular weight is 242 g/mol. The largest absolute Gasteiger partial charge is 0.398 e. The number of benzene rings is 1. The Labute approximate surface area is 98.2 Å². The normalized spacial score (nSPS) is 20.5. The van der Waals surface area contributed by atoms with E-state index in [0.29, 0.717) is 16.3 Å². The first-order chi connectivity index (χ1) is 7.18. The molecule has 0 aromatic heterocycles. The summed E-state index contributed by atoms with van der Waals surface area (Å²) in [6, 6.07) is 5.06. The Morgan fingerprint density at radius 3 is 3.00 bits per heavy atom. The number of halogens is 1. The number of Topliss-reactive ketones (excluding diaryl/α,β-unsaturated/α-hetero) is 1. The fourth-order valence-corrected chi connectivity index (χ4v) is 3.10. The standard InChI is InChI=1S/C11H12ClNOS/c12-7-3-4-9(13)8(6-7)11(14)10-2-1-5-15-10/h3-4,6,10H,1-2,5,13H2. The number of carbonyl (C=O) groups is 1. The number of carbonyl (C=O) groups excluding carboxylic acids is 1. The highest BCUT2D eigenvalue weighted by Gasteiger charge is 2.25. The summed E-state index contributed by atoms with van der Waals surface area (Å²) in [7, 11) is 0. The van der Waals surface area contributed by atoms with Crippen LogP contribution in [-0.4, -0.2) is 16.8 Å². The molecule has 80 valence electrons. The Bertz CT molecular complexity index is 388. The molecule has 1 aromatic carbocycles. The molecule has 15 heavy (non-hydrogen) atoms. The predicted molar refractivity (Wildman–Crippen MR) is 65.7 cm³/mol. The second-order valence-electron chi connectivity index (χ2n) is 3.60. The van der Waals surface area contributed by atoms with Crippen LogP contribution in [-0.2, 0) is 0 Å². The molecule has 2 rings (SSSR count). The van der Waals surface area contributed by atoms with Crippen LogP contribution in [0, 0.1) is 0 Å². The summed E-state index contributed by atoms with van der Waals surface area (Å²) in [6.07, 6.45) is 2.07. The van der Waals surface area contributed by atoms with Crippen molar-refractivity contribution in [2.75, 3.05) is 11.5 Å².